The van der Waals surface area contributed by atoms with E-state index in [4.69, 9.17) is 0 Å². The van der Waals surface area contributed by atoms with Gasteiger partial charge in [0.15, 0.2) is 0 Å². The molecule has 0 spiro atoms. The summed E-state index contributed by atoms with van der Waals surface area (Å²) in [6.07, 6.45) is 0.805. The second-order valence-corrected chi connectivity index (χ2v) is 5.45. The number of piperidine rings is 1. The zero-order valence-corrected chi connectivity index (χ0v) is 11.6. The van der Waals surface area contributed by atoms with Crippen molar-refractivity contribution >= 4 is 11.6 Å². The maximum atomic E-state index is 11.0. The number of rotatable bonds is 3. The predicted molar refractivity (Wildman–Crippen MR) is 75.8 cm³/mol. The molecule has 104 valence electrons. The summed E-state index contributed by atoms with van der Waals surface area (Å²) in [5.41, 5.74) is 1.99. The molecule has 2 unspecified atom stereocenters. The van der Waals surface area contributed by atoms with Gasteiger partial charge < -0.3 is 10.4 Å². The lowest BCUT2D eigenvalue weighted by molar-refractivity contribution is -0.114. The first kappa shape index (κ1) is 14.0. The molecule has 1 aromatic rings. The number of carbonyl (C=O) groups is 1. The van der Waals surface area contributed by atoms with Gasteiger partial charge in [0.25, 0.3) is 0 Å². The maximum Gasteiger partial charge on any atom is 0.221 e. The molecule has 2 rings (SSSR count). The molecule has 2 atom stereocenters. The Labute approximate surface area is 114 Å². The number of aliphatic hydroxyl groups excluding tert-OH is 1. The molecule has 1 amide bonds. The van der Waals surface area contributed by atoms with Crippen LogP contribution in [0, 0.1) is 5.92 Å². The van der Waals surface area contributed by atoms with Gasteiger partial charge in [0.1, 0.15) is 0 Å². The second kappa shape index (κ2) is 6.17. The van der Waals surface area contributed by atoms with Crippen LogP contribution >= 0.6 is 0 Å². The first-order chi connectivity index (χ1) is 9.04. The Hall–Kier alpha value is -1.39. The number of likely N-dealkylation sites (tertiary alicyclic amines) is 1. The number of anilines is 1. The topological polar surface area (TPSA) is 52.6 Å². The normalized spacial score (nSPS) is 24.2. The average molecular weight is 262 g/mol. The summed E-state index contributed by atoms with van der Waals surface area (Å²) in [6.45, 7) is 6.17. The summed E-state index contributed by atoms with van der Waals surface area (Å²) in [6, 6.07) is 7.88. The van der Waals surface area contributed by atoms with Crippen molar-refractivity contribution in [2.45, 2.75) is 32.9 Å². The fourth-order valence-corrected chi connectivity index (χ4v) is 2.47. The Kier molecular flexibility index (Phi) is 4.56. The summed E-state index contributed by atoms with van der Waals surface area (Å²) in [7, 11) is 0. The van der Waals surface area contributed by atoms with Gasteiger partial charge in [-0.2, -0.15) is 0 Å². The van der Waals surface area contributed by atoms with Crippen LogP contribution in [0.1, 0.15) is 25.8 Å². The molecule has 4 nitrogen and oxygen atoms in total. The Bertz CT molecular complexity index is 448. The molecule has 1 saturated heterocycles. The van der Waals surface area contributed by atoms with Crippen molar-refractivity contribution in [3.63, 3.8) is 0 Å². The summed E-state index contributed by atoms with van der Waals surface area (Å²) in [5.74, 6) is 0.335. The number of benzene rings is 1. The molecule has 4 heteroatoms. The van der Waals surface area contributed by atoms with Crippen molar-refractivity contribution < 1.29 is 9.90 Å². The van der Waals surface area contributed by atoms with Gasteiger partial charge in [0.2, 0.25) is 5.91 Å². The SMILES string of the molecule is CC(=O)Nc1cccc(CN2CCC(C)C(O)C2)c1. The zero-order chi connectivity index (χ0) is 13.8. The summed E-state index contributed by atoms with van der Waals surface area (Å²) in [4.78, 5) is 13.3. The third-order valence-corrected chi connectivity index (χ3v) is 3.66. The fourth-order valence-electron chi connectivity index (χ4n) is 2.47. The number of nitrogens with zero attached hydrogens (tertiary/aromatic N) is 1. The van der Waals surface area contributed by atoms with Crippen molar-refractivity contribution in [3.8, 4) is 0 Å². The van der Waals surface area contributed by atoms with E-state index in [1.165, 1.54) is 6.92 Å². The molecule has 1 aliphatic heterocycles. The highest BCUT2D eigenvalue weighted by molar-refractivity contribution is 5.88. The van der Waals surface area contributed by atoms with Gasteiger partial charge in [-0.25, -0.2) is 0 Å². The Morgan fingerprint density at radius 3 is 3.00 bits per heavy atom. The van der Waals surface area contributed by atoms with E-state index >= 15 is 0 Å². The molecular weight excluding hydrogens is 240 g/mol. The molecule has 0 aromatic heterocycles. The van der Waals surface area contributed by atoms with Crippen molar-refractivity contribution in [2.24, 2.45) is 5.92 Å². The highest BCUT2D eigenvalue weighted by atomic mass is 16.3. The number of amides is 1. The van der Waals surface area contributed by atoms with Gasteiger partial charge in [-0.3, -0.25) is 9.69 Å². The number of aliphatic hydroxyl groups is 1. The molecule has 1 fully saturated rings. The van der Waals surface area contributed by atoms with Crippen LogP contribution in [0.25, 0.3) is 0 Å². The molecule has 1 aliphatic rings. The van der Waals surface area contributed by atoms with Gasteiger partial charge in [-0.1, -0.05) is 19.1 Å². The summed E-state index contributed by atoms with van der Waals surface area (Å²) < 4.78 is 0. The van der Waals surface area contributed by atoms with Crippen molar-refractivity contribution in [2.75, 3.05) is 18.4 Å². The van der Waals surface area contributed by atoms with Gasteiger partial charge in [-0.15, -0.1) is 0 Å². The molecular formula is C15H22N2O2. The van der Waals surface area contributed by atoms with E-state index in [1.807, 2.05) is 18.2 Å². The van der Waals surface area contributed by atoms with Gasteiger partial charge in [0, 0.05) is 25.7 Å². The first-order valence-corrected chi connectivity index (χ1v) is 6.81. The molecule has 19 heavy (non-hydrogen) atoms. The van der Waals surface area contributed by atoms with E-state index in [-0.39, 0.29) is 12.0 Å². The quantitative estimate of drug-likeness (QED) is 0.874. The third kappa shape index (κ3) is 4.04. The molecule has 1 heterocycles. The van der Waals surface area contributed by atoms with Gasteiger partial charge in [0.05, 0.1) is 6.10 Å². The molecule has 0 saturated carbocycles. The maximum absolute atomic E-state index is 11.0. The molecule has 0 bridgehead atoms. The molecule has 0 aliphatic carbocycles. The predicted octanol–water partition coefficient (Wildman–Crippen LogP) is 1.85. The zero-order valence-electron chi connectivity index (χ0n) is 11.6. The van der Waals surface area contributed by atoms with Crippen molar-refractivity contribution in [1.82, 2.24) is 4.90 Å². The molecule has 0 radical (unpaired) electrons. The standard InChI is InChI=1S/C15H22N2O2/c1-11-6-7-17(10-15(11)19)9-13-4-3-5-14(8-13)16-12(2)18/h3-5,8,11,15,19H,6-7,9-10H2,1-2H3,(H,16,18). The third-order valence-electron chi connectivity index (χ3n) is 3.66. The Balaban J connectivity index is 1.97. The highest BCUT2D eigenvalue weighted by Crippen LogP contribution is 2.20. The lowest BCUT2D eigenvalue weighted by atomic mass is 9.96. The van der Waals surface area contributed by atoms with Crippen LogP contribution in [0.3, 0.4) is 0 Å². The van der Waals surface area contributed by atoms with Crippen LogP contribution in [0.5, 0.6) is 0 Å². The van der Waals surface area contributed by atoms with E-state index in [0.717, 1.165) is 37.3 Å². The van der Waals surface area contributed by atoms with Gasteiger partial charge in [-0.05, 0) is 36.6 Å². The number of nitrogens with one attached hydrogen (secondary N) is 1. The van der Waals surface area contributed by atoms with Crippen LogP contribution in [-0.4, -0.2) is 35.1 Å². The fraction of sp³-hybridized carbons (Fsp3) is 0.533. The summed E-state index contributed by atoms with van der Waals surface area (Å²) >= 11 is 0. The minimum absolute atomic E-state index is 0.0561. The number of carbonyl (C=O) groups excluding carboxylic acids is 1. The Morgan fingerprint density at radius 1 is 1.53 bits per heavy atom. The van der Waals surface area contributed by atoms with E-state index in [9.17, 15) is 9.90 Å². The average Bonchev–Trinajstić information content (AvgIpc) is 2.33. The smallest absolute Gasteiger partial charge is 0.221 e. The number of hydrogen-bond acceptors (Lipinski definition) is 3. The van der Waals surface area contributed by atoms with E-state index in [2.05, 4.69) is 23.2 Å². The van der Waals surface area contributed by atoms with Crippen LogP contribution in [-0.2, 0) is 11.3 Å². The van der Waals surface area contributed by atoms with Crippen molar-refractivity contribution in [3.05, 3.63) is 29.8 Å². The second-order valence-electron chi connectivity index (χ2n) is 5.45. The highest BCUT2D eigenvalue weighted by Gasteiger charge is 2.23. The Morgan fingerprint density at radius 2 is 2.32 bits per heavy atom. The monoisotopic (exact) mass is 262 g/mol. The molecule has 1 aromatic carbocycles. The van der Waals surface area contributed by atoms with E-state index in [0.29, 0.717) is 5.92 Å². The minimum atomic E-state index is -0.229. The van der Waals surface area contributed by atoms with Crippen LogP contribution < -0.4 is 5.32 Å². The molecule has 2 N–H and O–H groups in total. The first-order valence-electron chi connectivity index (χ1n) is 6.81. The van der Waals surface area contributed by atoms with E-state index < -0.39 is 0 Å². The van der Waals surface area contributed by atoms with Crippen molar-refractivity contribution in [1.29, 1.82) is 0 Å². The number of β-amino-alcohol motifs (C(OH)–C–C–N with tert-alkyl or cyclic N) is 1. The van der Waals surface area contributed by atoms with Gasteiger partial charge >= 0.3 is 0 Å². The lowest BCUT2D eigenvalue weighted by Crippen LogP contribution is -2.42. The number of hydrogen-bond donors (Lipinski definition) is 2. The summed E-state index contributed by atoms with van der Waals surface area (Å²) in [5, 5.41) is 12.7. The minimum Gasteiger partial charge on any atom is -0.392 e. The van der Waals surface area contributed by atoms with Crippen LogP contribution in [0.2, 0.25) is 0 Å². The lowest BCUT2D eigenvalue weighted by Gasteiger charge is -2.34. The van der Waals surface area contributed by atoms with E-state index in [1.54, 1.807) is 0 Å². The van der Waals surface area contributed by atoms with Crippen LogP contribution in [0.15, 0.2) is 24.3 Å². The largest absolute Gasteiger partial charge is 0.392 e. The van der Waals surface area contributed by atoms with Crippen LogP contribution in [0.4, 0.5) is 5.69 Å².